The SMILES string of the molecule is COCCCCNC(C)CC1CCCCN1C(=O)OC(C)(C)C. The zero-order valence-electron chi connectivity index (χ0n) is 15.7. The lowest BCUT2D eigenvalue weighted by atomic mass is 9.96. The Bertz CT molecular complexity index is 342. The summed E-state index contributed by atoms with van der Waals surface area (Å²) in [6, 6.07) is 0.700. The average molecular weight is 328 g/mol. The van der Waals surface area contributed by atoms with Gasteiger partial charge in [-0.1, -0.05) is 0 Å². The van der Waals surface area contributed by atoms with Gasteiger partial charge in [0.15, 0.2) is 0 Å². The second-order valence-corrected chi connectivity index (χ2v) is 7.61. The first-order chi connectivity index (χ1) is 10.8. The standard InChI is InChI=1S/C18H36N2O3/c1-15(19-11-7-9-13-22-5)14-16-10-6-8-12-20(16)17(21)23-18(2,3)4/h15-16,19H,6-14H2,1-5H3. The first kappa shape index (κ1) is 20.2. The molecule has 1 heterocycles. The maximum atomic E-state index is 12.4. The van der Waals surface area contributed by atoms with Crippen molar-refractivity contribution in [3.8, 4) is 0 Å². The number of hydrogen-bond acceptors (Lipinski definition) is 4. The molecule has 23 heavy (non-hydrogen) atoms. The van der Waals surface area contributed by atoms with Crippen LogP contribution in [0.4, 0.5) is 4.79 Å². The van der Waals surface area contributed by atoms with Gasteiger partial charge in [0.25, 0.3) is 0 Å². The van der Waals surface area contributed by atoms with Crippen molar-refractivity contribution in [2.24, 2.45) is 0 Å². The molecule has 1 amide bonds. The predicted molar refractivity (Wildman–Crippen MR) is 93.8 cm³/mol. The summed E-state index contributed by atoms with van der Waals surface area (Å²) in [6.45, 7) is 10.6. The van der Waals surface area contributed by atoms with E-state index >= 15 is 0 Å². The molecule has 0 radical (unpaired) electrons. The Balaban J connectivity index is 2.40. The Kier molecular flexibility index (Phi) is 8.92. The summed E-state index contributed by atoms with van der Waals surface area (Å²) in [6.07, 6.45) is 6.40. The summed E-state index contributed by atoms with van der Waals surface area (Å²) in [5, 5.41) is 3.56. The van der Waals surface area contributed by atoms with Crippen molar-refractivity contribution >= 4 is 6.09 Å². The van der Waals surface area contributed by atoms with Crippen LogP contribution in [-0.2, 0) is 9.47 Å². The Hall–Kier alpha value is -0.810. The first-order valence-electron chi connectivity index (χ1n) is 9.05. The van der Waals surface area contributed by atoms with E-state index in [2.05, 4.69) is 12.2 Å². The Labute approximate surface area is 142 Å². The van der Waals surface area contributed by atoms with Crippen LogP contribution >= 0.6 is 0 Å². The quantitative estimate of drug-likeness (QED) is 0.692. The lowest BCUT2D eigenvalue weighted by molar-refractivity contribution is 0.00791. The number of likely N-dealkylation sites (tertiary alicyclic amines) is 1. The largest absolute Gasteiger partial charge is 0.444 e. The molecule has 0 aromatic carbocycles. The summed E-state index contributed by atoms with van der Waals surface area (Å²) in [4.78, 5) is 14.3. The molecule has 1 aliphatic rings. The van der Waals surface area contributed by atoms with E-state index in [0.717, 1.165) is 51.8 Å². The van der Waals surface area contributed by atoms with Gasteiger partial charge in [-0.3, -0.25) is 0 Å². The topological polar surface area (TPSA) is 50.8 Å². The van der Waals surface area contributed by atoms with E-state index in [9.17, 15) is 4.79 Å². The molecule has 1 saturated heterocycles. The molecule has 0 aromatic heterocycles. The monoisotopic (exact) mass is 328 g/mol. The number of nitrogens with one attached hydrogen (secondary N) is 1. The zero-order chi connectivity index (χ0) is 17.3. The number of rotatable bonds is 8. The minimum absolute atomic E-state index is 0.158. The van der Waals surface area contributed by atoms with E-state index in [1.54, 1.807) is 7.11 Å². The minimum atomic E-state index is -0.426. The molecule has 136 valence electrons. The molecule has 1 rings (SSSR count). The molecule has 2 unspecified atom stereocenters. The summed E-state index contributed by atoms with van der Waals surface area (Å²) < 4.78 is 10.6. The minimum Gasteiger partial charge on any atom is -0.444 e. The number of nitrogens with zero attached hydrogens (tertiary/aromatic N) is 1. The van der Waals surface area contributed by atoms with Crippen LogP contribution in [0.25, 0.3) is 0 Å². The number of ether oxygens (including phenoxy) is 2. The van der Waals surface area contributed by atoms with Crippen LogP contribution in [0.3, 0.4) is 0 Å². The highest BCUT2D eigenvalue weighted by molar-refractivity contribution is 5.68. The smallest absolute Gasteiger partial charge is 0.410 e. The highest BCUT2D eigenvalue weighted by Crippen LogP contribution is 2.23. The Morgan fingerprint density at radius 2 is 2.04 bits per heavy atom. The van der Waals surface area contributed by atoms with Crippen LogP contribution in [0, 0.1) is 0 Å². The molecule has 2 atom stereocenters. The summed E-state index contributed by atoms with van der Waals surface area (Å²) in [5.74, 6) is 0. The average Bonchev–Trinajstić information content (AvgIpc) is 2.45. The van der Waals surface area contributed by atoms with Crippen LogP contribution in [0.15, 0.2) is 0 Å². The third-order valence-electron chi connectivity index (χ3n) is 4.15. The highest BCUT2D eigenvalue weighted by atomic mass is 16.6. The van der Waals surface area contributed by atoms with E-state index in [1.165, 1.54) is 6.42 Å². The van der Waals surface area contributed by atoms with Crippen molar-refractivity contribution in [3.05, 3.63) is 0 Å². The third-order valence-corrected chi connectivity index (χ3v) is 4.15. The second kappa shape index (κ2) is 10.1. The van der Waals surface area contributed by atoms with Gasteiger partial charge in [-0.15, -0.1) is 0 Å². The number of carbonyl (C=O) groups is 1. The molecular weight excluding hydrogens is 292 g/mol. The van der Waals surface area contributed by atoms with E-state index in [0.29, 0.717) is 12.1 Å². The molecule has 0 aliphatic carbocycles. The lowest BCUT2D eigenvalue weighted by Crippen LogP contribution is -2.48. The van der Waals surface area contributed by atoms with Crippen LogP contribution in [0.5, 0.6) is 0 Å². The maximum Gasteiger partial charge on any atom is 0.410 e. The third kappa shape index (κ3) is 8.56. The highest BCUT2D eigenvalue weighted by Gasteiger charge is 2.31. The van der Waals surface area contributed by atoms with Crippen LogP contribution < -0.4 is 5.32 Å². The van der Waals surface area contributed by atoms with Gasteiger partial charge in [-0.2, -0.15) is 0 Å². The van der Waals surface area contributed by atoms with Crippen molar-refractivity contribution in [2.45, 2.75) is 83.9 Å². The van der Waals surface area contributed by atoms with Crippen LogP contribution in [0.1, 0.15) is 66.2 Å². The molecule has 0 spiro atoms. The van der Waals surface area contributed by atoms with Crippen molar-refractivity contribution in [1.82, 2.24) is 10.2 Å². The Morgan fingerprint density at radius 3 is 2.70 bits per heavy atom. The molecule has 0 bridgehead atoms. The normalized spacial score (nSPS) is 20.4. The number of methoxy groups -OCH3 is 1. The van der Waals surface area contributed by atoms with E-state index in [-0.39, 0.29) is 6.09 Å². The Morgan fingerprint density at radius 1 is 1.30 bits per heavy atom. The molecule has 5 heteroatoms. The van der Waals surface area contributed by atoms with Crippen molar-refractivity contribution in [3.63, 3.8) is 0 Å². The van der Waals surface area contributed by atoms with Gasteiger partial charge in [-0.25, -0.2) is 4.79 Å². The van der Waals surface area contributed by atoms with Gasteiger partial charge in [0.2, 0.25) is 0 Å². The van der Waals surface area contributed by atoms with Gasteiger partial charge >= 0.3 is 6.09 Å². The van der Waals surface area contributed by atoms with Gasteiger partial charge in [0.05, 0.1) is 0 Å². The first-order valence-corrected chi connectivity index (χ1v) is 9.05. The summed E-state index contributed by atoms with van der Waals surface area (Å²) >= 11 is 0. The number of hydrogen-bond donors (Lipinski definition) is 1. The fraction of sp³-hybridized carbons (Fsp3) is 0.944. The molecule has 1 fully saturated rings. The van der Waals surface area contributed by atoms with Gasteiger partial charge < -0.3 is 19.7 Å². The van der Waals surface area contributed by atoms with Crippen molar-refractivity contribution < 1.29 is 14.3 Å². The summed E-state index contributed by atoms with van der Waals surface area (Å²) in [5.41, 5.74) is -0.426. The fourth-order valence-corrected chi connectivity index (χ4v) is 3.02. The van der Waals surface area contributed by atoms with Crippen molar-refractivity contribution in [2.75, 3.05) is 26.8 Å². The lowest BCUT2D eigenvalue weighted by Gasteiger charge is -2.38. The molecule has 5 nitrogen and oxygen atoms in total. The van der Waals surface area contributed by atoms with Gasteiger partial charge in [-0.05, 0) is 72.8 Å². The number of unbranched alkanes of at least 4 members (excludes halogenated alkanes) is 1. The predicted octanol–water partition coefficient (Wildman–Crippen LogP) is 3.57. The second-order valence-electron chi connectivity index (χ2n) is 7.61. The van der Waals surface area contributed by atoms with Gasteiger partial charge in [0, 0.05) is 32.3 Å². The molecular formula is C18H36N2O3. The van der Waals surface area contributed by atoms with E-state index in [4.69, 9.17) is 9.47 Å². The molecule has 0 saturated carbocycles. The van der Waals surface area contributed by atoms with E-state index < -0.39 is 5.60 Å². The van der Waals surface area contributed by atoms with Crippen LogP contribution in [-0.4, -0.2) is 55.5 Å². The molecule has 1 N–H and O–H groups in total. The fourth-order valence-electron chi connectivity index (χ4n) is 3.02. The van der Waals surface area contributed by atoms with Crippen molar-refractivity contribution in [1.29, 1.82) is 0 Å². The molecule has 1 aliphatic heterocycles. The number of carbonyl (C=O) groups excluding carboxylic acids is 1. The summed E-state index contributed by atoms with van der Waals surface area (Å²) in [7, 11) is 1.74. The molecule has 0 aromatic rings. The number of piperidine rings is 1. The van der Waals surface area contributed by atoms with E-state index in [1.807, 2.05) is 25.7 Å². The zero-order valence-corrected chi connectivity index (χ0v) is 15.7. The van der Waals surface area contributed by atoms with Crippen LogP contribution in [0.2, 0.25) is 0 Å². The van der Waals surface area contributed by atoms with Gasteiger partial charge in [0.1, 0.15) is 5.60 Å². The number of amides is 1. The maximum absolute atomic E-state index is 12.4.